The number of Topliss-reactive ketones (excluding diaryl/α,β-unsaturated/α-hetero) is 1. The summed E-state index contributed by atoms with van der Waals surface area (Å²) >= 11 is 0. The number of ketones is 1. The van der Waals surface area contributed by atoms with Gasteiger partial charge in [-0.25, -0.2) is 0 Å². The molecule has 2 atom stereocenters. The van der Waals surface area contributed by atoms with Crippen LogP contribution in [0.1, 0.15) is 43.2 Å². The quantitative estimate of drug-likeness (QED) is 0.667. The Morgan fingerprint density at radius 1 is 1.32 bits per heavy atom. The van der Waals surface area contributed by atoms with Gasteiger partial charge in [-0.15, -0.1) is 0 Å². The molecule has 1 aliphatic rings. The zero-order valence-electron chi connectivity index (χ0n) is 12.8. The van der Waals surface area contributed by atoms with E-state index in [0.717, 1.165) is 5.56 Å². The lowest BCUT2D eigenvalue weighted by Crippen LogP contribution is -2.38. The van der Waals surface area contributed by atoms with E-state index in [-0.39, 0.29) is 5.78 Å². The van der Waals surface area contributed by atoms with Crippen molar-refractivity contribution in [2.24, 2.45) is 5.41 Å². The minimum Gasteiger partial charge on any atom is -0.481 e. The van der Waals surface area contributed by atoms with Crippen molar-refractivity contribution in [3.8, 4) is 0 Å². The van der Waals surface area contributed by atoms with E-state index in [4.69, 9.17) is 9.84 Å². The molecule has 0 aromatic heterocycles. The highest BCUT2D eigenvalue weighted by atomic mass is 16.5. The molecule has 5 heteroatoms. The molecule has 0 aliphatic heterocycles. The summed E-state index contributed by atoms with van der Waals surface area (Å²) in [5, 5.41) is 9.01. The van der Waals surface area contributed by atoms with Gasteiger partial charge in [-0.2, -0.15) is 0 Å². The largest absolute Gasteiger partial charge is 0.481 e. The van der Waals surface area contributed by atoms with Gasteiger partial charge in [0.1, 0.15) is 5.41 Å². The zero-order valence-corrected chi connectivity index (χ0v) is 12.8. The summed E-state index contributed by atoms with van der Waals surface area (Å²) in [7, 11) is 1.30. The molecule has 1 fully saturated rings. The molecule has 0 heterocycles. The first-order valence-corrected chi connectivity index (χ1v) is 7.34. The standard InChI is InChI=1S/C17H20O5/c1-11(15(19)20)13-7-5-12(6-8-13)10-17(16(21)22-2)9-3-4-14(17)18/h5-8,11H,3-4,9-10H2,1-2H3,(H,19,20). The minimum absolute atomic E-state index is 0.0673. The van der Waals surface area contributed by atoms with Crippen molar-refractivity contribution in [1.82, 2.24) is 0 Å². The lowest BCUT2D eigenvalue weighted by atomic mass is 9.79. The van der Waals surface area contributed by atoms with Gasteiger partial charge in [-0.1, -0.05) is 24.3 Å². The van der Waals surface area contributed by atoms with Crippen LogP contribution in [0.5, 0.6) is 0 Å². The Labute approximate surface area is 129 Å². The SMILES string of the molecule is COC(=O)C1(Cc2ccc(C(C)C(=O)O)cc2)CCCC1=O. The first-order chi connectivity index (χ1) is 10.4. The van der Waals surface area contributed by atoms with Crippen molar-refractivity contribution >= 4 is 17.7 Å². The second-order valence-electron chi connectivity index (χ2n) is 5.83. The number of methoxy groups -OCH3 is 1. The molecule has 2 rings (SSSR count). The third kappa shape index (κ3) is 2.89. The van der Waals surface area contributed by atoms with Crippen molar-refractivity contribution in [1.29, 1.82) is 0 Å². The maximum Gasteiger partial charge on any atom is 0.319 e. The molecule has 0 spiro atoms. The van der Waals surface area contributed by atoms with Crippen LogP contribution >= 0.6 is 0 Å². The van der Waals surface area contributed by atoms with E-state index in [2.05, 4.69) is 0 Å². The number of aliphatic carboxylic acids is 1. The molecule has 5 nitrogen and oxygen atoms in total. The first kappa shape index (κ1) is 16.2. The van der Waals surface area contributed by atoms with Crippen LogP contribution in [0.25, 0.3) is 0 Å². The summed E-state index contributed by atoms with van der Waals surface area (Å²) in [5.41, 5.74) is 0.456. The highest BCUT2D eigenvalue weighted by Crippen LogP contribution is 2.39. The molecular formula is C17H20O5. The van der Waals surface area contributed by atoms with E-state index < -0.39 is 23.3 Å². The third-order valence-electron chi connectivity index (χ3n) is 4.47. The van der Waals surface area contributed by atoms with Gasteiger partial charge in [0.25, 0.3) is 0 Å². The molecule has 1 aromatic rings. The van der Waals surface area contributed by atoms with E-state index in [1.54, 1.807) is 31.2 Å². The Balaban J connectivity index is 2.23. The normalized spacial score (nSPS) is 22.4. The Bertz CT molecular complexity index is 590. The van der Waals surface area contributed by atoms with Crippen LogP contribution in [0.3, 0.4) is 0 Å². The first-order valence-electron chi connectivity index (χ1n) is 7.34. The van der Waals surface area contributed by atoms with Gasteiger partial charge >= 0.3 is 11.9 Å². The van der Waals surface area contributed by atoms with Crippen LogP contribution < -0.4 is 0 Å². The monoisotopic (exact) mass is 304 g/mol. The van der Waals surface area contributed by atoms with E-state index in [9.17, 15) is 14.4 Å². The number of ether oxygens (including phenoxy) is 1. The fraction of sp³-hybridized carbons (Fsp3) is 0.471. The highest BCUT2D eigenvalue weighted by Gasteiger charge is 2.49. The summed E-state index contributed by atoms with van der Waals surface area (Å²) in [6.07, 6.45) is 1.91. The maximum absolute atomic E-state index is 12.2. The van der Waals surface area contributed by atoms with Crippen molar-refractivity contribution in [3.63, 3.8) is 0 Å². The number of hydrogen-bond acceptors (Lipinski definition) is 4. The maximum atomic E-state index is 12.2. The molecule has 1 saturated carbocycles. The van der Waals surface area contributed by atoms with Crippen LogP contribution in [0.2, 0.25) is 0 Å². The topological polar surface area (TPSA) is 80.7 Å². The van der Waals surface area contributed by atoms with E-state index in [0.29, 0.717) is 31.2 Å². The summed E-state index contributed by atoms with van der Waals surface area (Å²) in [5.74, 6) is -2.01. The van der Waals surface area contributed by atoms with Crippen LogP contribution in [0.15, 0.2) is 24.3 Å². The average molecular weight is 304 g/mol. The van der Waals surface area contributed by atoms with E-state index >= 15 is 0 Å². The Morgan fingerprint density at radius 3 is 2.41 bits per heavy atom. The Hall–Kier alpha value is -2.17. The van der Waals surface area contributed by atoms with Gasteiger partial charge in [-0.05, 0) is 37.3 Å². The number of benzene rings is 1. The van der Waals surface area contributed by atoms with Gasteiger partial charge in [-0.3, -0.25) is 14.4 Å². The number of carboxylic acid groups (broad SMARTS) is 1. The minimum atomic E-state index is -1.07. The molecule has 1 aromatic carbocycles. The van der Waals surface area contributed by atoms with Gasteiger partial charge in [0.05, 0.1) is 13.0 Å². The zero-order chi connectivity index (χ0) is 16.3. The third-order valence-corrected chi connectivity index (χ3v) is 4.47. The van der Waals surface area contributed by atoms with Crippen molar-refractivity contribution in [3.05, 3.63) is 35.4 Å². The van der Waals surface area contributed by atoms with Gasteiger partial charge in [0, 0.05) is 6.42 Å². The number of rotatable bonds is 5. The molecule has 2 unspecified atom stereocenters. The summed E-state index contributed by atoms with van der Waals surface area (Å²) in [6, 6.07) is 7.03. The van der Waals surface area contributed by atoms with Crippen LogP contribution in [-0.2, 0) is 25.5 Å². The lowest BCUT2D eigenvalue weighted by molar-refractivity contribution is -0.156. The number of carbonyl (C=O) groups is 3. The van der Waals surface area contributed by atoms with E-state index in [1.165, 1.54) is 7.11 Å². The number of hydrogen-bond donors (Lipinski definition) is 1. The molecule has 0 saturated heterocycles. The Morgan fingerprint density at radius 2 is 1.95 bits per heavy atom. The fourth-order valence-electron chi connectivity index (χ4n) is 3.02. The molecule has 118 valence electrons. The van der Waals surface area contributed by atoms with Gasteiger partial charge in [0.2, 0.25) is 0 Å². The summed E-state index contributed by atoms with van der Waals surface area (Å²) in [4.78, 5) is 35.3. The Kier molecular flexibility index (Phi) is 4.64. The predicted octanol–water partition coefficient (Wildman–Crippen LogP) is 2.33. The highest BCUT2D eigenvalue weighted by molar-refractivity contribution is 6.05. The predicted molar refractivity (Wildman–Crippen MR) is 79.5 cm³/mol. The molecule has 1 N–H and O–H groups in total. The fourth-order valence-corrected chi connectivity index (χ4v) is 3.02. The average Bonchev–Trinajstić information content (AvgIpc) is 2.88. The molecule has 0 amide bonds. The molecule has 1 aliphatic carbocycles. The lowest BCUT2D eigenvalue weighted by Gasteiger charge is -2.24. The molecule has 0 bridgehead atoms. The number of esters is 1. The van der Waals surface area contributed by atoms with Gasteiger partial charge in [0.15, 0.2) is 5.78 Å². The van der Waals surface area contributed by atoms with Crippen LogP contribution in [-0.4, -0.2) is 29.9 Å². The summed E-state index contributed by atoms with van der Waals surface area (Å²) in [6.45, 7) is 1.62. The molecule has 22 heavy (non-hydrogen) atoms. The second-order valence-corrected chi connectivity index (χ2v) is 5.83. The van der Waals surface area contributed by atoms with Gasteiger partial charge < -0.3 is 9.84 Å². The second kappa shape index (κ2) is 6.30. The van der Waals surface area contributed by atoms with E-state index in [1.807, 2.05) is 0 Å². The van der Waals surface area contributed by atoms with Crippen molar-refractivity contribution in [2.75, 3.05) is 7.11 Å². The number of carbonyl (C=O) groups excluding carboxylic acids is 2. The van der Waals surface area contributed by atoms with Crippen LogP contribution in [0.4, 0.5) is 0 Å². The molecular weight excluding hydrogens is 284 g/mol. The molecule has 0 radical (unpaired) electrons. The van der Waals surface area contributed by atoms with Crippen LogP contribution in [0, 0.1) is 5.41 Å². The van der Waals surface area contributed by atoms with Crippen molar-refractivity contribution in [2.45, 2.75) is 38.5 Å². The number of carboxylic acids is 1. The smallest absolute Gasteiger partial charge is 0.319 e. The van der Waals surface area contributed by atoms with Crippen molar-refractivity contribution < 1.29 is 24.2 Å². The summed E-state index contributed by atoms with van der Waals surface area (Å²) < 4.78 is 4.84.